The number of nitrogens with zero attached hydrogens (tertiary/aromatic N) is 1. The molecule has 3 rings (SSSR count). The van der Waals surface area contributed by atoms with Crippen LogP contribution in [0.15, 0.2) is 78.9 Å². The van der Waals surface area contributed by atoms with E-state index in [4.69, 9.17) is 0 Å². The molecular weight excluding hydrogens is 304 g/mol. The third kappa shape index (κ3) is 3.16. The highest BCUT2D eigenvalue weighted by molar-refractivity contribution is 5.62. The van der Waals surface area contributed by atoms with Crippen LogP contribution < -0.4 is 4.90 Å². The van der Waals surface area contributed by atoms with Crippen molar-refractivity contribution in [1.29, 1.82) is 0 Å². The minimum atomic E-state index is -3.00. The van der Waals surface area contributed by atoms with Crippen molar-refractivity contribution in [2.75, 3.05) is 11.9 Å². The Bertz CT molecular complexity index is 794. The molecule has 0 saturated carbocycles. The van der Waals surface area contributed by atoms with Crippen molar-refractivity contribution in [2.45, 2.75) is 12.8 Å². The van der Waals surface area contributed by atoms with E-state index in [0.29, 0.717) is 0 Å². The Hall–Kier alpha value is -2.68. The molecule has 0 spiro atoms. The molecule has 0 atom stereocenters. The molecule has 0 amide bonds. The molecule has 0 bridgehead atoms. The zero-order valence-electron chi connectivity index (χ0n) is 13.7. The van der Waals surface area contributed by atoms with E-state index in [1.54, 1.807) is 24.3 Å². The molecule has 3 aromatic rings. The second-order valence-corrected chi connectivity index (χ2v) is 5.88. The summed E-state index contributed by atoms with van der Waals surface area (Å²) >= 11 is 0. The number of anilines is 2. The van der Waals surface area contributed by atoms with E-state index in [1.807, 2.05) is 49.2 Å². The normalized spacial score (nSPS) is 11.3. The highest BCUT2D eigenvalue weighted by atomic mass is 19.3. The van der Waals surface area contributed by atoms with Crippen LogP contribution in [0.1, 0.15) is 16.7 Å². The number of aryl methyl sites for hydroxylation is 1. The fraction of sp³-hybridized carbons (Fsp3) is 0.143. The van der Waals surface area contributed by atoms with Crippen molar-refractivity contribution < 1.29 is 8.78 Å². The molecule has 122 valence electrons. The van der Waals surface area contributed by atoms with Gasteiger partial charge in [-0.1, -0.05) is 60.2 Å². The van der Waals surface area contributed by atoms with Crippen LogP contribution in [0, 0.1) is 6.92 Å². The van der Waals surface area contributed by atoms with E-state index in [2.05, 4.69) is 0 Å². The smallest absolute Gasteiger partial charge is 0.298 e. The summed E-state index contributed by atoms with van der Waals surface area (Å²) in [7, 11) is 1.92. The minimum absolute atomic E-state index is 0.00318. The highest BCUT2D eigenvalue weighted by Crippen LogP contribution is 2.36. The first-order valence-electron chi connectivity index (χ1n) is 7.83. The lowest BCUT2D eigenvalue weighted by molar-refractivity contribution is 0.0428. The number of halogens is 2. The minimum Gasteiger partial charge on any atom is -0.345 e. The number of alkyl halides is 2. The third-order valence-electron chi connectivity index (χ3n) is 4.17. The van der Waals surface area contributed by atoms with Crippen molar-refractivity contribution in [3.8, 4) is 0 Å². The number of hydrogen-bond donors (Lipinski definition) is 0. The number of para-hydroxylation sites is 1. The first kappa shape index (κ1) is 16.2. The largest absolute Gasteiger partial charge is 0.345 e. The predicted octanol–water partition coefficient (Wildman–Crippen LogP) is 5.90. The van der Waals surface area contributed by atoms with Crippen LogP contribution in [-0.4, -0.2) is 7.05 Å². The summed E-state index contributed by atoms with van der Waals surface area (Å²) in [6.07, 6.45) is 0. The molecule has 24 heavy (non-hydrogen) atoms. The van der Waals surface area contributed by atoms with Gasteiger partial charge in [-0.3, -0.25) is 0 Å². The van der Waals surface area contributed by atoms with Gasteiger partial charge in [0.1, 0.15) is 0 Å². The van der Waals surface area contributed by atoms with Crippen molar-refractivity contribution in [3.05, 3.63) is 95.6 Å². The number of rotatable bonds is 4. The van der Waals surface area contributed by atoms with Gasteiger partial charge in [0.2, 0.25) is 0 Å². The standard InChI is InChI=1S/C21H19F2N/c1-16-8-10-17(11-9-16)21(22,23)18-12-14-20(15-13-18)24(2)19-6-4-3-5-7-19/h3-15H,1-2H3. The third-order valence-corrected chi connectivity index (χ3v) is 4.17. The Balaban J connectivity index is 1.87. The second-order valence-electron chi connectivity index (χ2n) is 5.88. The molecule has 0 heterocycles. The van der Waals surface area contributed by atoms with E-state index >= 15 is 0 Å². The Kier molecular flexibility index (Phi) is 4.34. The van der Waals surface area contributed by atoms with Crippen LogP contribution in [0.4, 0.5) is 20.2 Å². The molecule has 3 heteroatoms. The fourth-order valence-electron chi connectivity index (χ4n) is 2.62. The fourth-order valence-corrected chi connectivity index (χ4v) is 2.62. The zero-order chi connectivity index (χ0) is 17.2. The average molecular weight is 323 g/mol. The van der Waals surface area contributed by atoms with E-state index in [-0.39, 0.29) is 11.1 Å². The topological polar surface area (TPSA) is 3.24 Å². The molecule has 0 aliphatic rings. The summed E-state index contributed by atoms with van der Waals surface area (Å²) in [4.78, 5) is 1.97. The molecule has 0 aromatic heterocycles. The Morgan fingerprint density at radius 3 is 1.67 bits per heavy atom. The summed E-state index contributed by atoms with van der Waals surface area (Å²) in [5.74, 6) is -3.00. The van der Waals surface area contributed by atoms with E-state index in [1.165, 1.54) is 24.3 Å². The average Bonchev–Trinajstić information content (AvgIpc) is 2.62. The van der Waals surface area contributed by atoms with Gasteiger partial charge in [-0.2, -0.15) is 8.78 Å². The van der Waals surface area contributed by atoms with Gasteiger partial charge in [-0.25, -0.2) is 0 Å². The molecule has 0 N–H and O–H groups in total. The Morgan fingerprint density at radius 2 is 1.12 bits per heavy atom. The number of benzene rings is 3. The molecule has 0 aliphatic heterocycles. The predicted molar refractivity (Wildman–Crippen MR) is 95.1 cm³/mol. The summed E-state index contributed by atoms with van der Waals surface area (Å²) in [5.41, 5.74) is 2.85. The highest BCUT2D eigenvalue weighted by Gasteiger charge is 2.33. The maximum atomic E-state index is 14.7. The lowest BCUT2D eigenvalue weighted by atomic mass is 9.99. The maximum absolute atomic E-state index is 14.7. The van der Waals surface area contributed by atoms with Crippen molar-refractivity contribution >= 4 is 11.4 Å². The lowest BCUT2D eigenvalue weighted by Gasteiger charge is -2.22. The van der Waals surface area contributed by atoms with Crippen LogP contribution in [0.25, 0.3) is 0 Å². The van der Waals surface area contributed by atoms with Gasteiger partial charge >= 0.3 is 0 Å². The van der Waals surface area contributed by atoms with Gasteiger partial charge in [0.15, 0.2) is 0 Å². The van der Waals surface area contributed by atoms with E-state index in [9.17, 15) is 8.78 Å². The zero-order valence-corrected chi connectivity index (χ0v) is 13.7. The molecular formula is C21H19F2N. The maximum Gasteiger partial charge on any atom is 0.298 e. The molecule has 0 radical (unpaired) electrons. The summed E-state index contributed by atoms with van der Waals surface area (Å²) in [6, 6.07) is 22.6. The molecule has 3 aromatic carbocycles. The van der Waals surface area contributed by atoms with Gasteiger partial charge in [-0.15, -0.1) is 0 Å². The van der Waals surface area contributed by atoms with Crippen LogP contribution in [-0.2, 0) is 5.92 Å². The lowest BCUT2D eigenvalue weighted by Crippen LogP contribution is -2.16. The van der Waals surface area contributed by atoms with Crippen molar-refractivity contribution in [3.63, 3.8) is 0 Å². The van der Waals surface area contributed by atoms with Crippen LogP contribution in [0.2, 0.25) is 0 Å². The molecule has 1 nitrogen and oxygen atoms in total. The molecule has 0 aliphatic carbocycles. The Morgan fingerprint density at radius 1 is 0.667 bits per heavy atom. The van der Waals surface area contributed by atoms with E-state index < -0.39 is 5.92 Å². The van der Waals surface area contributed by atoms with Crippen LogP contribution >= 0.6 is 0 Å². The van der Waals surface area contributed by atoms with Gasteiger partial charge in [0.05, 0.1) is 0 Å². The van der Waals surface area contributed by atoms with Crippen LogP contribution in [0.5, 0.6) is 0 Å². The SMILES string of the molecule is Cc1ccc(C(F)(F)c2ccc(N(C)c3ccccc3)cc2)cc1. The monoisotopic (exact) mass is 323 g/mol. The van der Waals surface area contributed by atoms with Gasteiger partial charge in [0, 0.05) is 29.5 Å². The summed E-state index contributed by atoms with van der Waals surface area (Å²) in [5, 5.41) is 0. The van der Waals surface area contributed by atoms with Crippen molar-refractivity contribution in [2.24, 2.45) is 0 Å². The summed E-state index contributed by atoms with van der Waals surface area (Å²) < 4.78 is 29.3. The van der Waals surface area contributed by atoms with Crippen LogP contribution in [0.3, 0.4) is 0 Å². The quantitative estimate of drug-likeness (QED) is 0.577. The van der Waals surface area contributed by atoms with Crippen molar-refractivity contribution in [1.82, 2.24) is 0 Å². The van der Waals surface area contributed by atoms with E-state index in [0.717, 1.165) is 16.9 Å². The summed E-state index contributed by atoms with van der Waals surface area (Å²) in [6.45, 7) is 1.89. The van der Waals surface area contributed by atoms with Gasteiger partial charge in [-0.05, 0) is 31.2 Å². The number of hydrogen-bond acceptors (Lipinski definition) is 1. The first-order valence-corrected chi connectivity index (χ1v) is 7.83. The molecule has 0 saturated heterocycles. The Labute approximate surface area is 141 Å². The molecule has 0 unspecified atom stereocenters. The van der Waals surface area contributed by atoms with Gasteiger partial charge < -0.3 is 4.90 Å². The first-order chi connectivity index (χ1) is 11.5. The second kappa shape index (κ2) is 6.44. The van der Waals surface area contributed by atoms with Gasteiger partial charge in [0.25, 0.3) is 5.92 Å². The molecule has 0 fully saturated rings.